The SMILES string of the molecule is Cc1ccc(C(O)(C(N)=O)C(F)(F)F)cc1-c1cnc(N)c(C(=O)NC23CCC(C#N)(C2)C3)n1. The Balaban J connectivity index is 1.70. The maximum atomic E-state index is 13.5. The number of nitrogens with two attached hydrogens (primary N) is 2. The summed E-state index contributed by atoms with van der Waals surface area (Å²) in [7, 11) is 0. The average molecular weight is 474 g/mol. The number of benzene rings is 1. The molecule has 9 nitrogen and oxygen atoms in total. The van der Waals surface area contributed by atoms with Crippen LogP contribution in [0, 0.1) is 23.7 Å². The minimum absolute atomic E-state index is 0.0107. The number of hydrogen-bond acceptors (Lipinski definition) is 7. The Morgan fingerprint density at radius 2 is 1.94 bits per heavy atom. The summed E-state index contributed by atoms with van der Waals surface area (Å²) < 4.78 is 40.5. The van der Waals surface area contributed by atoms with Gasteiger partial charge in [-0.15, -0.1) is 0 Å². The third kappa shape index (κ3) is 3.43. The third-order valence-electron chi connectivity index (χ3n) is 6.77. The number of aliphatic hydroxyl groups is 1. The van der Waals surface area contributed by atoms with Gasteiger partial charge in [0.25, 0.3) is 17.4 Å². The van der Waals surface area contributed by atoms with Gasteiger partial charge in [0.1, 0.15) is 0 Å². The van der Waals surface area contributed by atoms with E-state index < -0.39 is 40.1 Å². The molecule has 6 N–H and O–H groups in total. The van der Waals surface area contributed by atoms with E-state index in [1.807, 2.05) is 0 Å². The quantitative estimate of drug-likeness (QED) is 0.512. The van der Waals surface area contributed by atoms with E-state index in [0.29, 0.717) is 31.2 Å². The van der Waals surface area contributed by atoms with E-state index in [4.69, 9.17) is 11.5 Å². The summed E-state index contributed by atoms with van der Waals surface area (Å²) in [6.07, 6.45) is -1.82. The second-order valence-electron chi connectivity index (χ2n) is 9.07. The van der Waals surface area contributed by atoms with Gasteiger partial charge < -0.3 is 21.9 Å². The first kappa shape index (κ1) is 23.4. The Morgan fingerprint density at radius 1 is 1.26 bits per heavy atom. The fourth-order valence-corrected chi connectivity index (χ4v) is 4.93. The Bertz CT molecular complexity index is 1250. The van der Waals surface area contributed by atoms with Crippen molar-refractivity contribution in [1.29, 1.82) is 5.26 Å². The molecule has 1 heterocycles. The summed E-state index contributed by atoms with van der Waals surface area (Å²) in [5, 5.41) is 22.3. The van der Waals surface area contributed by atoms with Crippen LogP contribution in [0.4, 0.5) is 19.0 Å². The molecular weight excluding hydrogens is 453 g/mol. The molecule has 0 aliphatic heterocycles. The number of alkyl halides is 3. The lowest BCUT2D eigenvalue weighted by atomic mass is 9.66. The van der Waals surface area contributed by atoms with E-state index in [9.17, 15) is 33.1 Å². The van der Waals surface area contributed by atoms with Crippen molar-refractivity contribution < 1.29 is 27.9 Å². The van der Waals surface area contributed by atoms with E-state index in [-0.39, 0.29) is 22.8 Å². The van der Waals surface area contributed by atoms with Crippen LogP contribution < -0.4 is 16.8 Å². The molecule has 1 aromatic carbocycles. The molecule has 1 unspecified atom stereocenters. The van der Waals surface area contributed by atoms with Crippen LogP contribution in [-0.4, -0.2) is 38.6 Å². The second kappa shape index (κ2) is 7.39. The van der Waals surface area contributed by atoms with Crippen LogP contribution in [0.15, 0.2) is 24.4 Å². The molecule has 34 heavy (non-hydrogen) atoms. The maximum Gasteiger partial charge on any atom is 0.430 e. The van der Waals surface area contributed by atoms with Crippen LogP contribution in [0.1, 0.15) is 47.3 Å². The lowest BCUT2D eigenvalue weighted by molar-refractivity contribution is -0.255. The molecule has 3 aliphatic rings. The van der Waals surface area contributed by atoms with Crippen molar-refractivity contribution in [2.24, 2.45) is 11.1 Å². The minimum Gasteiger partial charge on any atom is -0.382 e. The number of aryl methyl sites for hydroxylation is 1. The first-order valence-corrected chi connectivity index (χ1v) is 10.3. The summed E-state index contributed by atoms with van der Waals surface area (Å²) in [6, 6.07) is 5.42. The molecule has 1 aromatic heterocycles. The number of aromatic nitrogens is 2. The van der Waals surface area contributed by atoms with Gasteiger partial charge in [-0.3, -0.25) is 9.59 Å². The predicted molar refractivity (Wildman–Crippen MR) is 112 cm³/mol. The average Bonchev–Trinajstić information content (AvgIpc) is 3.28. The summed E-state index contributed by atoms with van der Waals surface area (Å²) in [6.45, 7) is 1.57. The summed E-state index contributed by atoms with van der Waals surface area (Å²) in [5.74, 6) is -2.78. The third-order valence-corrected chi connectivity index (χ3v) is 6.77. The standard InChI is InChI=1S/C22H21F3N6O3/c1-11-2-3-12(21(34,18(28)33)22(23,24)25)6-13(11)14-7-29-16(27)15(30-14)17(32)31-20-5-4-19(8-20,9-20)10-26/h2-3,6-7,34H,4-5,8-9H2,1H3,(H2,27,29)(H2,28,33)(H,31,32). The molecule has 2 amide bonds. The lowest BCUT2D eigenvalue weighted by Crippen LogP contribution is -2.55. The van der Waals surface area contributed by atoms with Gasteiger partial charge in [-0.2, -0.15) is 18.4 Å². The highest BCUT2D eigenvalue weighted by molar-refractivity contribution is 5.97. The van der Waals surface area contributed by atoms with E-state index in [1.165, 1.54) is 12.3 Å². The van der Waals surface area contributed by atoms with E-state index in [0.717, 1.165) is 12.1 Å². The number of primary amides is 1. The number of nitrogens with one attached hydrogen (secondary N) is 1. The Kier molecular flexibility index (Phi) is 5.10. The van der Waals surface area contributed by atoms with Crippen molar-refractivity contribution in [3.8, 4) is 17.3 Å². The highest BCUT2D eigenvalue weighted by atomic mass is 19.4. The monoisotopic (exact) mass is 474 g/mol. The van der Waals surface area contributed by atoms with E-state index in [1.54, 1.807) is 6.92 Å². The van der Waals surface area contributed by atoms with Gasteiger partial charge in [-0.1, -0.05) is 12.1 Å². The van der Waals surface area contributed by atoms with Crippen LogP contribution in [-0.2, 0) is 10.4 Å². The van der Waals surface area contributed by atoms with Crippen LogP contribution >= 0.6 is 0 Å². The van der Waals surface area contributed by atoms with E-state index >= 15 is 0 Å². The number of amides is 2. The molecule has 0 spiro atoms. The number of hydrogen-bond donors (Lipinski definition) is 4. The summed E-state index contributed by atoms with van der Waals surface area (Å²) in [5.41, 5.74) is 5.40. The number of anilines is 1. The zero-order chi connectivity index (χ0) is 25.1. The molecule has 3 aliphatic carbocycles. The number of nitrogen functional groups attached to an aromatic ring is 1. The van der Waals surface area contributed by atoms with Gasteiger partial charge in [-0.25, -0.2) is 9.97 Å². The van der Waals surface area contributed by atoms with Crippen molar-refractivity contribution in [1.82, 2.24) is 15.3 Å². The summed E-state index contributed by atoms with van der Waals surface area (Å²) >= 11 is 0. The van der Waals surface area contributed by atoms with Gasteiger partial charge in [0.15, 0.2) is 11.5 Å². The van der Waals surface area contributed by atoms with E-state index in [2.05, 4.69) is 21.4 Å². The van der Waals surface area contributed by atoms with Gasteiger partial charge in [0.05, 0.1) is 23.4 Å². The number of halogens is 3. The smallest absolute Gasteiger partial charge is 0.382 e. The number of fused-ring (bicyclic) bond motifs is 1. The zero-order valence-electron chi connectivity index (χ0n) is 18.0. The van der Waals surface area contributed by atoms with Crippen molar-refractivity contribution in [2.75, 3.05) is 5.73 Å². The molecule has 0 saturated heterocycles. The minimum atomic E-state index is -5.37. The van der Waals surface area contributed by atoms with Crippen LogP contribution in [0.25, 0.3) is 11.3 Å². The number of nitrogens with zero attached hydrogens (tertiary/aromatic N) is 3. The molecular formula is C22H21F3N6O3. The van der Waals surface area contributed by atoms with Crippen LogP contribution in [0.5, 0.6) is 0 Å². The highest BCUT2D eigenvalue weighted by Gasteiger charge is 2.62. The normalized spacial score (nSPS) is 25.1. The predicted octanol–water partition coefficient (Wildman–Crippen LogP) is 1.84. The van der Waals surface area contributed by atoms with Crippen LogP contribution in [0.2, 0.25) is 0 Å². The van der Waals surface area contributed by atoms with Crippen molar-refractivity contribution in [2.45, 2.75) is 49.9 Å². The number of carbonyl (C=O) groups excluding carboxylic acids is 2. The largest absolute Gasteiger partial charge is 0.430 e. The first-order valence-electron chi connectivity index (χ1n) is 10.3. The van der Waals surface area contributed by atoms with Crippen molar-refractivity contribution in [3.05, 3.63) is 41.2 Å². The zero-order valence-corrected chi connectivity index (χ0v) is 18.0. The number of nitriles is 1. The molecule has 2 aromatic rings. The molecule has 2 bridgehead atoms. The lowest BCUT2D eigenvalue weighted by Gasteiger charge is -2.43. The first-order chi connectivity index (χ1) is 15.8. The summed E-state index contributed by atoms with van der Waals surface area (Å²) in [4.78, 5) is 32.7. The fourth-order valence-electron chi connectivity index (χ4n) is 4.93. The fraction of sp³-hybridized carbons (Fsp3) is 0.409. The number of rotatable bonds is 5. The van der Waals surface area contributed by atoms with Gasteiger partial charge in [0, 0.05) is 16.7 Å². The molecule has 0 radical (unpaired) electrons. The second-order valence-corrected chi connectivity index (χ2v) is 9.07. The topological polar surface area (TPSA) is 168 Å². The molecule has 178 valence electrons. The molecule has 3 saturated carbocycles. The molecule has 5 rings (SSSR count). The van der Waals surface area contributed by atoms with Gasteiger partial charge in [-0.05, 0) is 44.2 Å². The number of carbonyl (C=O) groups is 2. The Labute approximate surface area is 192 Å². The van der Waals surface area contributed by atoms with Crippen molar-refractivity contribution in [3.63, 3.8) is 0 Å². The van der Waals surface area contributed by atoms with Crippen LogP contribution in [0.3, 0.4) is 0 Å². The Hall–Kier alpha value is -3.72. The Morgan fingerprint density at radius 3 is 2.50 bits per heavy atom. The highest BCUT2D eigenvalue weighted by Crippen LogP contribution is 2.61. The maximum absolute atomic E-state index is 13.5. The molecule has 12 heteroatoms. The van der Waals surface area contributed by atoms with Gasteiger partial charge >= 0.3 is 6.18 Å². The van der Waals surface area contributed by atoms with Gasteiger partial charge in [0.2, 0.25) is 0 Å². The molecule has 1 atom stereocenters. The van der Waals surface area contributed by atoms with Crippen molar-refractivity contribution >= 4 is 17.6 Å². The molecule has 3 fully saturated rings.